The lowest BCUT2D eigenvalue weighted by atomic mass is 10.1. The normalized spacial score (nSPS) is 14.6. The number of ether oxygens (including phenoxy) is 1. The van der Waals surface area contributed by atoms with Crippen LogP contribution in [0.2, 0.25) is 0 Å². The highest BCUT2D eigenvalue weighted by Gasteiger charge is 2.10. The monoisotopic (exact) mass is 245 g/mol. The minimum absolute atomic E-state index is 0.170. The van der Waals surface area contributed by atoms with Gasteiger partial charge in [-0.05, 0) is 24.6 Å². The molecule has 0 radical (unpaired) electrons. The Morgan fingerprint density at radius 1 is 1.35 bits per heavy atom. The number of methoxy groups -OCH3 is 1. The Morgan fingerprint density at radius 3 is 2.65 bits per heavy atom. The molecule has 2 unspecified atom stereocenters. The first kappa shape index (κ1) is 14.0. The van der Waals surface area contributed by atoms with Crippen LogP contribution in [0, 0.1) is 11.6 Å². The zero-order chi connectivity index (χ0) is 12.8. The lowest BCUT2D eigenvalue weighted by Gasteiger charge is -2.17. The molecule has 2 atom stereocenters. The van der Waals surface area contributed by atoms with Crippen LogP contribution in [0.1, 0.15) is 18.5 Å². The topological polar surface area (TPSA) is 41.5 Å². The number of halogens is 2. The second-order valence-corrected chi connectivity index (χ2v) is 3.91. The number of nitrogens with one attached hydrogen (secondary N) is 1. The number of rotatable bonds is 6. The number of benzene rings is 1. The summed E-state index contributed by atoms with van der Waals surface area (Å²) in [5.74, 6) is -1.73. The van der Waals surface area contributed by atoms with Crippen molar-refractivity contribution in [2.75, 3.05) is 20.3 Å². The molecule has 5 heteroatoms. The molecule has 0 aromatic heterocycles. The minimum Gasteiger partial charge on any atom is -0.389 e. The number of hydrogen-bond donors (Lipinski definition) is 2. The van der Waals surface area contributed by atoms with Gasteiger partial charge in [-0.3, -0.25) is 0 Å². The van der Waals surface area contributed by atoms with Gasteiger partial charge in [0.15, 0.2) is 11.6 Å². The van der Waals surface area contributed by atoms with E-state index >= 15 is 0 Å². The molecule has 0 amide bonds. The van der Waals surface area contributed by atoms with Crippen LogP contribution in [0.3, 0.4) is 0 Å². The molecule has 3 nitrogen and oxygen atoms in total. The van der Waals surface area contributed by atoms with Crippen LogP contribution in [0.25, 0.3) is 0 Å². The van der Waals surface area contributed by atoms with Crippen LogP contribution < -0.4 is 5.32 Å². The number of aliphatic hydroxyl groups is 1. The Bertz CT molecular complexity index is 360. The van der Waals surface area contributed by atoms with Crippen LogP contribution in [0.4, 0.5) is 8.78 Å². The van der Waals surface area contributed by atoms with Crippen molar-refractivity contribution in [3.8, 4) is 0 Å². The molecule has 0 heterocycles. The first-order valence-electron chi connectivity index (χ1n) is 5.40. The molecule has 0 aliphatic rings. The third-order valence-electron chi connectivity index (χ3n) is 2.46. The van der Waals surface area contributed by atoms with E-state index in [9.17, 15) is 13.9 Å². The highest BCUT2D eigenvalue weighted by Crippen LogP contribution is 2.15. The van der Waals surface area contributed by atoms with E-state index in [2.05, 4.69) is 5.32 Å². The quantitative estimate of drug-likeness (QED) is 0.800. The Hall–Kier alpha value is -1.04. The van der Waals surface area contributed by atoms with E-state index in [0.29, 0.717) is 12.1 Å². The van der Waals surface area contributed by atoms with Crippen LogP contribution in [0.15, 0.2) is 18.2 Å². The maximum Gasteiger partial charge on any atom is 0.159 e. The Labute approximate surface area is 99.4 Å². The van der Waals surface area contributed by atoms with Crippen LogP contribution in [-0.2, 0) is 4.74 Å². The first-order chi connectivity index (χ1) is 8.04. The van der Waals surface area contributed by atoms with Crippen LogP contribution >= 0.6 is 0 Å². The molecule has 96 valence electrons. The van der Waals surface area contributed by atoms with Gasteiger partial charge in [-0.15, -0.1) is 0 Å². The second kappa shape index (κ2) is 6.64. The third kappa shape index (κ3) is 4.38. The Morgan fingerprint density at radius 2 is 2.06 bits per heavy atom. The molecular formula is C12H17F2NO2. The fraction of sp³-hybridized carbons (Fsp3) is 0.500. The molecule has 0 bridgehead atoms. The fourth-order valence-corrected chi connectivity index (χ4v) is 1.46. The standard InChI is InChI=1S/C12H17F2NO2/c1-8(15-6-10(16)7-17-2)9-3-4-11(13)12(14)5-9/h3-5,8,10,15-16H,6-7H2,1-2H3. The molecule has 1 aromatic rings. The van der Waals surface area contributed by atoms with Crippen molar-refractivity contribution < 1.29 is 18.6 Å². The molecule has 2 N–H and O–H groups in total. The Balaban J connectivity index is 2.52. The maximum atomic E-state index is 13.0. The minimum atomic E-state index is -0.867. The second-order valence-electron chi connectivity index (χ2n) is 3.91. The summed E-state index contributed by atoms with van der Waals surface area (Å²) in [7, 11) is 1.50. The molecule has 1 aromatic carbocycles. The van der Waals surface area contributed by atoms with E-state index in [1.807, 2.05) is 6.92 Å². The molecule has 1 rings (SSSR count). The predicted molar refractivity (Wildman–Crippen MR) is 60.7 cm³/mol. The predicted octanol–water partition coefficient (Wildman–Crippen LogP) is 1.62. The van der Waals surface area contributed by atoms with E-state index in [1.54, 1.807) is 0 Å². The van der Waals surface area contributed by atoms with Gasteiger partial charge >= 0.3 is 0 Å². The highest BCUT2D eigenvalue weighted by molar-refractivity contribution is 5.20. The lowest BCUT2D eigenvalue weighted by Crippen LogP contribution is -2.31. The van der Waals surface area contributed by atoms with Gasteiger partial charge in [0.05, 0.1) is 12.7 Å². The summed E-state index contributed by atoms with van der Waals surface area (Å²) >= 11 is 0. The van der Waals surface area contributed by atoms with Crippen molar-refractivity contribution in [3.05, 3.63) is 35.4 Å². The van der Waals surface area contributed by atoms with Crippen molar-refractivity contribution in [2.24, 2.45) is 0 Å². The SMILES string of the molecule is COCC(O)CNC(C)c1ccc(F)c(F)c1. The number of hydrogen-bond acceptors (Lipinski definition) is 3. The molecule has 0 spiro atoms. The molecule has 0 saturated heterocycles. The summed E-state index contributed by atoms with van der Waals surface area (Å²) in [6.07, 6.45) is -0.618. The average Bonchev–Trinajstić information content (AvgIpc) is 2.30. The average molecular weight is 245 g/mol. The molecule has 17 heavy (non-hydrogen) atoms. The molecule has 0 saturated carbocycles. The van der Waals surface area contributed by atoms with Gasteiger partial charge in [0.2, 0.25) is 0 Å². The van der Waals surface area contributed by atoms with E-state index in [-0.39, 0.29) is 12.6 Å². The summed E-state index contributed by atoms with van der Waals surface area (Å²) in [5.41, 5.74) is 0.633. The smallest absolute Gasteiger partial charge is 0.159 e. The zero-order valence-electron chi connectivity index (χ0n) is 9.91. The van der Waals surface area contributed by atoms with Gasteiger partial charge in [-0.1, -0.05) is 6.07 Å². The van der Waals surface area contributed by atoms with E-state index in [4.69, 9.17) is 4.74 Å². The maximum absolute atomic E-state index is 13.0. The number of aliphatic hydroxyl groups excluding tert-OH is 1. The van der Waals surface area contributed by atoms with Gasteiger partial charge < -0.3 is 15.2 Å². The summed E-state index contributed by atoms with van der Waals surface area (Å²) in [6, 6.07) is 3.58. The van der Waals surface area contributed by atoms with Crippen LogP contribution in [-0.4, -0.2) is 31.5 Å². The van der Waals surface area contributed by atoms with Crippen molar-refractivity contribution in [3.63, 3.8) is 0 Å². The summed E-state index contributed by atoms with van der Waals surface area (Å²) in [4.78, 5) is 0. The van der Waals surface area contributed by atoms with E-state index in [1.165, 1.54) is 13.2 Å². The molecule has 0 aliphatic heterocycles. The van der Waals surface area contributed by atoms with Gasteiger partial charge in [0.25, 0.3) is 0 Å². The van der Waals surface area contributed by atoms with Gasteiger partial charge in [-0.25, -0.2) is 8.78 Å². The Kier molecular flexibility index (Phi) is 5.47. The van der Waals surface area contributed by atoms with E-state index in [0.717, 1.165) is 12.1 Å². The summed E-state index contributed by atoms with van der Waals surface area (Å²) < 4.78 is 30.5. The third-order valence-corrected chi connectivity index (χ3v) is 2.46. The lowest BCUT2D eigenvalue weighted by molar-refractivity contribution is 0.0630. The van der Waals surface area contributed by atoms with Crippen molar-refractivity contribution in [1.29, 1.82) is 0 Å². The van der Waals surface area contributed by atoms with E-state index < -0.39 is 17.7 Å². The molecular weight excluding hydrogens is 228 g/mol. The molecule has 0 aliphatic carbocycles. The van der Waals surface area contributed by atoms with Crippen molar-refractivity contribution in [1.82, 2.24) is 5.32 Å². The highest BCUT2D eigenvalue weighted by atomic mass is 19.2. The summed E-state index contributed by atoms with van der Waals surface area (Å²) in [6.45, 7) is 2.37. The molecule has 0 fully saturated rings. The first-order valence-corrected chi connectivity index (χ1v) is 5.40. The van der Waals surface area contributed by atoms with Gasteiger partial charge in [0, 0.05) is 19.7 Å². The summed E-state index contributed by atoms with van der Waals surface area (Å²) in [5, 5.41) is 12.4. The van der Waals surface area contributed by atoms with Crippen molar-refractivity contribution >= 4 is 0 Å². The van der Waals surface area contributed by atoms with Gasteiger partial charge in [-0.2, -0.15) is 0 Å². The van der Waals surface area contributed by atoms with Gasteiger partial charge in [0.1, 0.15) is 0 Å². The zero-order valence-corrected chi connectivity index (χ0v) is 9.91. The van der Waals surface area contributed by atoms with Crippen LogP contribution in [0.5, 0.6) is 0 Å². The fourth-order valence-electron chi connectivity index (χ4n) is 1.46. The largest absolute Gasteiger partial charge is 0.389 e. The van der Waals surface area contributed by atoms with Crippen molar-refractivity contribution in [2.45, 2.75) is 19.1 Å².